The molecule has 0 amide bonds. The predicted molar refractivity (Wildman–Crippen MR) is 86.0 cm³/mol. The molecule has 3 heteroatoms. The first-order valence-corrected chi connectivity index (χ1v) is 8.54. The van der Waals surface area contributed by atoms with Crippen LogP contribution in [0.4, 0.5) is 0 Å². The summed E-state index contributed by atoms with van der Waals surface area (Å²) in [7, 11) is 0. The minimum atomic E-state index is 0.0629. The van der Waals surface area contributed by atoms with Crippen LogP contribution in [0.25, 0.3) is 0 Å². The number of nitrogens with one attached hydrogen (secondary N) is 1. The molecule has 1 aromatic heterocycles. The highest BCUT2D eigenvalue weighted by molar-refractivity contribution is 7.11. The molecule has 1 N–H and O–H groups in total. The molecule has 1 atom stereocenters. The van der Waals surface area contributed by atoms with E-state index in [9.17, 15) is 0 Å². The lowest BCUT2D eigenvalue weighted by molar-refractivity contribution is 0.325. The average molecular weight is 282 g/mol. The zero-order valence-electron chi connectivity index (χ0n) is 13.3. The van der Waals surface area contributed by atoms with Gasteiger partial charge in [0.2, 0.25) is 0 Å². The number of rotatable bonds is 9. The molecule has 0 saturated carbocycles. The SMILES string of the molecule is CCCCCCC(C)(NCCC)c1nc(C)c(C)s1. The minimum Gasteiger partial charge on any atom is -0.306 e. The van der Waals surface area contributed by atoms with E-state index in [1.54, 1.807) is 0 Å². The molecule has 0 spiro atoms. The van der Waals surface area contributed by atoms with E-state index in [1.807, 2.05) is 11.3 Å². The molecule has 0 aliphatic heterocycles. The van der Waals surface area contributed by atoms with Crippen LogP contribution in [0.1, 0.15) is 74.9 Å². The van der Waals surface area contributed by atoms with E-state index in [1.165, 1.54) is 54.1 Å². The molecule has 110 valence electrons. The highest BCUT2D eigenvalue weighted by atomic mass is 32.1. The van der Waals surface area contributed by atoms with Gasteiger partial charge in [0.15, 0.2) is 0 Å². The number of aryl methyl sites for hydroxylation is 2. The van der Waals surface area contributed by atoms with E-state index in [2.05, 4.69) is 39.9 Å². The van der Waals surface area contributed by atoms with Gasteiger partial charge >= 0.3 is 0 Å². The third-order valence-corrected chi connectivity index (χ3v) is 5.13. The Hall–Kier alpha value is -0.410. The first-order chi connectivity index (χ1) is 9.03. The molecule has 1 rings (SSSR count). The van der Waals surface area contributed by atoms with Crippen molar-refractivity contribution in [3.05, 3.63) is 15.6 Å². The van der Waals surface area contributed by atoms with Crippen molar-refractivity contribution in [1.82, 2.24) is 10.3 Å². The monoisotopic (exact) mass is 282 g/mol. The fourth-order valence-electron chi connectivity index (χ4n) is 2.29. The molecule has 0 saturated heterocycles. The Bertz CT molecular complexity index is 353. The van der Waals surface area contributed by atoms with Gasteiger partial charge in [-0.3, -0.25) is 0 Å². The van der Waals surface area contributed by atoms with E-state index >= 15 is 0 Å². The van der Waals surface area contributed by atoms with Crippen molar-refractivity contribution in [2.24, 2.45) is 0 Å². The molecule has 0 aliphatic rings. The van der Waals surface area contributed by atoms with Crippen molar-refractivity contribution in [3.8, 4) is 0 Å². The maximum absolute atomic E-state index is 4.79. The summed E-state index contributed by atoms with van der Waals surface area (Å²) < 4.78 is 0. The first-order valence-electron chi connectivity index (χ1n) is 7.73. The summed E-state index contributed by atoms with van der Waals surface area (Å²) in [5.41, 5.74) is 1.26. The Morgan fingerprint density at radius 1 is 1.11 bits per heavy atom. The van der Waals surface area contributed by atoms with Gasteiger partial charge in [-0.25, -0.2) is 4.98 Å². The van der Waals surface area contributed by atoms with Gasteiger partial charge < -0.3 is 5.32 Å². The Kier molecular flexibility index (Phi) is 7.01. The largest absolute Gasteiger partial charge is 0.306 e. The number of hydrogen-bond donors (Lipinski definition) is 1. The summed E-state index contributed by atoms with van der Waals surface area (Å²) in [5, 5.41) is 5.00. The molecule has 1 unspecified atom stereocenters. The molecule has 0 aliphatic carbocycles. The van der Waals surface area contributed by atoms with Crippen LogP contribution in [0.5, 0.6) is 0 Å². The summed E-state index contributed by atoms with van der Waals surface area (Å²) >= 11 is 1.86. The Labute approximate surface area is 123 Å². The van der Waals surface area contributed by atoms with Crippen LogP contribution >= 0.6 is 11.3 Å². The number of nitrogens with zero attached hydrogens (tertiary/aromatic N) is 1. The van der Waals surface area contributed by atoms with Crippen molar-refractivity contribution in [2.45, 2.75) is 78.7 Å². The van der Waals surface area contributed by atoms with E-state index in [0.717, 1.165) is 6.54 Å². The molecular formula is C16H30N2S. The van der Waals surface area contributed by atoms with Gasteiger partial charge in [0.25, 0.3) is 0 Å². The molecule has 0 bridgehead atoms. The Morgan fingerprint density at radius 2 is 1.84 bits per heavy atom. The summed E-state index contributed by atoms with van der Waals surface area (Å²) in [6.45, 7) is 12.2. The van der Waals surface area contributed by atoms with Crippen molar-refractivity contribution in [1.29, 1.82) is 0 Å². The summed E-state index contributed by atoms with van der Waals surface area (Å²) in [5.74, 6) is 0. The van der Waals surface area contributed by atoms with Crippen molar-refractivity contribution in [2.75, 3.05) is 6.54 Å². The van der Waals surface area contributed by atoms with Crippen molar-refractivity contribution < 1.29 is 0 Å². The highest BCUT2D eigenvalue weighted by Gasteiger charge is 2.29. The number of unbranched alkanes of at least 4 members (excludes halogenated alkanes) is 3. The minimum absolute atomic E-state index is 0.0629. The second-order valence-electron chi connectivity index (χ2n) is 5.73. The molecule has 0 aromatic carbocycles. The number of aromatic nitrogens is 1. The van der Waals surface area contributed by atoms with Crippen molar-refractivity contribution >= 4 is 11.3 Å². The Morgan fingerprint density at radius 3 is 2.37 bits per heavy atom. The van der Waals surface area contributed by atoms with Crippen LogP contribution in [0, 0.1) is 13.8 Å². The van der Waals surface area contributed by atoms with E-state index in [-0.39, 0.29) is 5.54 Å². The van der Waals surface area contributed by atoms with E-state index in [4.69, 9.17) is 4.98 Å². The van der Waals surface area contributed by atoms with E-state index in [0.29, 0.717) is 0 Å². The van der Waals surface area contributed by atoms with Crippen LogP contribution in [0.3, 0.4) is 0 Å². The van der Waals surface area contributed by atoms with Gasteiger partial charge in [-0.15, -0.1) is 11.3 Å². The van der Waals surface area contributed by atoms with Gasteiger partial charge in [-0.1, -0.05) is 39.5 Å². The normalized spacial score (nSPS) is 14.6. The lowest BCUT2D eigenvalue weighted by Gasteiger charge is -2.29. The quantitative estimate of drug-likeness (QED) is 0.649. The van der Waals surface area contributed by atoms with Gasteiger partial charge in [-0.05, 0) is 40.2 Å². The third-order valence-electron chi connectivity index (χ3n) is 3.80. The fraction of sp³-hybridized carbons (Fsp3) is 0.812. The van der Waals surface area contributed by atoms with Gasteiger partial charge in [0.05, 0.1) is 11.2 Å². The maximum Gasteiger partial charge on any atom is 0.113 e. The van der Waals surface area contributed by atoms with Crippen LogP contribution in [0.15, 0.2) is 0 Å². The Balaban J connectivity index is 2.73. The molecular weight excluding hydrogens is 252 g/mol. The van der Waals surface area contributed by atoms with Crippen LogP contribution in [0.2, 0.25) is 0 Å². The van der Waals surface area contributed by atoms with Gasteiger partial charge in [0.1, 0.15) is 5.01 Å². The topological polar surface area (TPSA) is 24.9 Å². The smallest absolute Gasteiger partial charge is 0.113 e. The zero-order valence-corrected chi connectivity index (χ0v) is 14.1. The predicted octanol–water partition coefficient (Wildman–Crippen LogP) is 4.95. The van der Waals surface area contributed by atoms with Gasteiger partial charge in [0, 0.05) is 4.88 Å². The fourth-order valence-corrected chi connectivity index (χ4v) is 3.35. The van der Waals surface area contributed by atoms with Crippen LogP contribution in [-0.4, -0.2) is 11.5 Å². The highest BCUT2D eigenvalue weighted by Crippen LogP contribution is 2.32. The molecule has 0 radical (unpaired) electrons. The lowest BCUT2D eigenvalue weighted by Crippen LogP contribution is -2.40. The van der Waals surface area contributed by atoms with Crippen LogP contribution in [-0.2, 0) is 5.54 Å². The second kappa shape index (κ2) is 8.01. The first kappa shape index (κ1) is 16.6. The summed E-state index contributed by atoms with van der Waals surface area (Å²) in [6.07, 6.45) is 7.64. The molecule has 2 nitrogen and oxygen atoms in total. The van der Waals surface area contributed by atoms with E-state index < -0.39 is 0 Å². The second-order valence-corrected chi connectivity index (χ2v) is 6.93. The van der Waals surface area contributed by atoms with Gasteiger partial charge in [-0.2, -0.15) is 0 Å². The third kappa shape index (κ3) is 4.88. The summed E-state index contributed by atoms with van der Waals surface area (Å²) in [6, 6.07) is 0. The standard InChI is InChI=1S/C16H30N2S/c1-6-8-9-10-11-16(5,17-12-7-2)15-18-13(3)14(4)19-15/h17H,6-12H2,1-5H3. The molecule has 0 fully saturated rings. The lowest BCUT2D eigenvalue weighted by atomic mass is 9.94. The number of thiazole rings is 1. The van der Waals surface area contributed by atoms with Crippen molar-refractivity contribution in [3.63, 3.8) is 0 Å². The summed E-state index contributed by atoms with van der Waals surface area (Å²) in [4.78, 5) is 6.14. The molecule has 19 heavy (non-hydrogen) atoms. The molecule has 1 heterocycles. The molecule has 1 aromatic rings. The maximum atomic E-state index is 4.79. The number of hydrogen-bond acceptors (Lipinski definition) is 3. The average Bonchev–Trinajstić information content (AvgIpc) is 2.73. The van der Waals surface area contributed by atoms with Crippen LogP contribution < -0.4 is 5.32 Å². The zero-order chi connectivity index (χ0) is 14.3.